The Morgan fingerprint density at radius 3 is 3.05 bits per heavy atom. The second-order valence-electron chi connectivity index (χ2n) is 4.92. The number of aromatic nitrogens is 1. The summed E-state index contributed by atoms with van der Waals surface area (Å²) in [4.78, 5) is 15.2. The van der Waals surface area contributed by atoms with Crippen LogP contribution in [0.5, 0.6) is 0 Å². The number of benzene rings is 1. The van der Waals surface area contributed by atoms with E-state index in [0.29, 0.717) is 12.8 Å². The molecule has 102 valence electrons. The van der Waals surface area contributed by atoms with Crippen LogP contribution in [0.25, 0.3) is 10.9 Å². The number of para-hydroxylation sites is 1. The van der Waals surface area contributed by atoms with Crippen molar-refractivity contribution in [3.05, 3.63) is 35.5 Å². The average Bonchev–Trinajstić information content (AvgIpc) is 2.86. The normalized spacial score (nSPS) is 21.2. The maximum Gasteiger partial charge on any atom is 0.323 e. The summed E-state index contributed by atoms with van der Waals surface area (Å²) in [5, 5.41) is 13.3. The Kier molecular flexibility index (Phi) is 3.17. The first-order chi connectivity index (χ1) is 9.74. The van der Waals surface area contributed by atoms with Gasteiger partial charge < -0.3 is 9.72 Å². The van der Waals surface area contributed by atoms with Gasteiger partial charge in [-0.25, -0.2) is 0 Å². The van der Waals surface area contributed by atoms with E-state index in [-0.39, 0.29) is 12.0 Å². The van der Waals surface area contributed by atoms with E-state index in [2.05, 4.69) is 16.4 Å². The lowest BCUT2D eigenvalue weighted by Gasteiger charge is -2.28. The van der Waals surface area contributed by atoms with Gasteiger partial charge in [0, 0.05) is 23.0 Å². The third kappa shape index (κ3) is 1.95. The second kappa shape index (κ2) is 4.99. The lowest BCUT2D eigenvalue weighted by Crippen LogP contribution is -2.45. The predicted molar refractivity (Wildman–Crippen MR) is 73.9 cm³/mol. The number of carbonyl (C=O) groups is 1. The molecular weight excluding hydrogens is 254 g/mol. The topological polar surface area (TPSA) is 77.9 Å². The summed E-state index contributed by atoms with van der Waals surface area (Å²) in [5.74, 6) is -0.288. The maximum absolute atomic E-state index is 11.8. The molecule has 2 aromatic rings. The van der Waals surface area contributed by atoms with Gasteiger partial charge in [-0.1, -0.05) is 18.2 Å². The summed E-state index contributed by atoms with van der Waals surface area (Å²) in [6.45, 7) is 0. The molecule has 5 nitrogen and oxygen atoms in total. The summed E-state index contributed by atoms with van der Waals surface area (Å²) >= 11 is 0. The Morgan fingerprint density at radius 2 is 2.30 bits per heavy atom. The smallest absolute Gasteiger partial charge is 0.323 e. The van der Waals surface area contributed by atoms with Gasteiger partial charge in [-0.05, 0) is 11.6 Å². The van der Waals surface area contributed by atoms with Crippen molar-refractivity contribution < 1.29 is 9.53 Å². The highest BCUT2D eigenvalue weighted by molar-refractivity contribution is 5.87. The molecule has 20 heavy (non-hydrogen) atoms. The fraction of sp³-hybridized carbons (Fsp3) is 0.333. The van der Waals surface area contributed by atoms with Crippen molar-refractivity contribution in [2.24, 2.45) is 0 Å². The molecule has 0 aliphatic carbocycles. The molecule has 0 bridgehead atoms. The number of ether oxygens (including phenoxy) is 1. The molecule has 2 heterocycles. The summed E-state index contributed by atoms with van der Waals surface area (Å²) in [7, 11) is 1.38. The number of nitriles is 1. The standard InChI is InChI=1S/C15H15N3O2/c1-20-15(19)13-8-10-9-4-2-3-5-11(9)18-14(10)12(17-13)6-7-16/h2-5,12-13,17-18H,6,8H2,1H3/t12-,13-/m0/s1. The van der Waals surface area contributed by atoms with Crippen molar-refractivity contribution in [1.29, 1.82) is 5.26 Å². The number of nitrogens with one attached hydrogen (secondary N) is 2. The number of hydrogen-bond donors (Lipinski definition) is 2. The van der Waals surface area contributed by atoms with Crippen molar-refractivity contribution in [3.8, 4) is 6.07 Å². The van der Waals surface area contributed by atoms with Crippen LogP contribution in [-0.2, 0) is 16.0 Å². The second-order valence-corrected chi connectivity index (χ2v) is 4.92. The van der Waals surface area contributed by atoms with Crippen molar-refractivity contribution in [1.82, 2.24) is 10.3 Å². The lowest BCUT2D eigenvalue weighted by molar-refractivity contribution is -0.143. The molecule has 0 saturated carbocycles. The Balaban J connectivity index is 2.09. The van der Waals surface area contributed by atoms with E-state index in [1.807, 2.05) is 24.3 Å². The number of nitrogens with zero attached hydrogens (tertiary/aromatic N) is 1. The molecule has 0 unspecified atom stereocenters. The number of hydrogen-bond acceptors (Lipinski definition) is 4. The summed E-state index contributed by atoms with van der Waals surface area (Å²) in [5.41, 5.74) is 3.15. The molecule has 0 spiro atoms. The van der Waals surface area contributed by atoms with Crippen LogP contribution in [0.1, 0.15) is 23.7 Å². The maximum atomic E-state index is 11.8. The van der Waals surface area contributed by atoms with Crippen LogP contribution < -0.4 is 5.32 Å². The van der Waals surface area contributed by atoms with E-state index >= 15 is 0 Å². The van der Waals surface area contributed by atoms with Gasteiger partial charge in [0.05, 0.1) is 25.6 Å². The molecule has 1 aromatic heterocycles. The molecule has 1 aliphatic rings. The van der Waals surface area contributed by atoms with Crippen LogP contribution in [0, 0.1) is 11.3 Å². The Labute approximate surface area is 116 Å². The molecule has 2 N–H and O–H groups in total. The summed E-state index contributed by atoms with van der Waals surface area (Å²) in [6, 6.07) is 9.58. The monoisotopic (exact) mass is 269 g/mol. The fourth-order valence-corrected chi connectivity index (χ4v) is 2.87. The Morgan fingerprint density at radius 1 is 1.50 bits per heavy atom. The third-order valence-electron chi connectivity index (χ3n) is 3.79. The van der Waals surface area contributed by atoms with E-state index in [4.69, 9.17) is 10.00 Å². The fourth-order valence-electron chi connectivity index (χ4n) is 2.87. The number of carbonyl (C=O) groups excluding carboxylic acids is 1. The molecule has 5 heteroatoms. The SMILES string of the molecule is COC(=O)[C@@H]1Cc2c([nH]c3ccccc23)[C@H](CC#N)N1. The van der Waals surface area contributed by atoms with E-state index in [9.17, 15) is 4.79 Å². The summed E-state index contributed by atoms with van der Waals surface area (Å²) in [6.07, 6.45) is 0.890. The van der Waals surface area contributed by atoms with E-state index in [1.54, 1.807) is 0 Å². The largest absolute Gasteiger partial charge is 0.468 e. The molecule has 1 aliphatic heterocycles. The zero-order valence-electron chi connectivity index (χ0n) is 11.1. The first-order valence-electron chi connectivity index (χ1n) is 6.55. The van der Waals surface area contributed by atoms with E-state index in [0.717, 1.165) is 22.2 Å². The quantitative estimate of drug-likeness (QED) is 0.815. The molecule has 0 fully saturated rings. The van der Waals surface area contributed by atoms with E-state index in [1.165, 1.54) is 7.11 Å². The minimum atomic E-state index is -0.398. The van der Waals surface area contributed by atoms with Crippen LogP contribution in [0.3, 0.4) is 0 Å². The van der Waals surface area contributed by atoms with Gasteiger partial charge in [0.15, 0.2) is 0 Å². The Hall–Kier alpha value is -2.32. The Bertz CT molecular complexity index is 699. The van der Waals surface area contributed by atoms with Gasteiger partial charge in [-0.15, -0.1) is 0 Å². The first kappa shape index (κ1) is 12.7. The predicted octanol–water partition coefficient (Wildman–Crippen LogP) is 1.81. The lowest BCUT2D eigenvalue weighted by atomic mass is 9.93. The first-order valence-corrected chi connectivity index (χ1v) is 6.55. The molecular formula is C15H15N3O2. The van der Waals surface area contributed by atoms with Crippen molar-refractivity contribution in [2.45, 2.75) is 24.9 Å². The highest BCUT2D eigenvalue weighted by atomic mass is 16.5. The van der Waals surface area contributed by atoms with Crippen molar-refractivity contribution in [2.75, 3.05) is 7.11 Å². The number of aromatic amines is 1. The molecule has 3 rings (SSSR count). The summed E-state index contributed by atoms with van der Waals surface area (Å²) < 4.78 is 4.83. The third-order valence-corrected chi connectivity index (χ3v) is 3.79. The van der Waals surface area contributed by atoms with Gasteiger partial charge in [0.1, 0.15) is 6.04 Å². The van der Waals surface area contributed by atoms with Crippen LogP contribution in [0.15, 0.2) is 24.3 Å². The number of H-pyrrole nitrogens is 1. The highest BCUT2D eigenvalue weighted by Gasteiger charge is 2.33. The van der Waals surface area contributed by atoms with Gasteiger partial charge in [0.25, 0.3) is 0 Å². The van der Waals surface area contributed by atoms with Gasteiger partial charge in [-0.3, -0.25) is 10.1 Å². The van der Waals surface area contributed by atoms with Crippen LogP contribution >= 0.6 is 0 Å². The molecule has 0 radical (unpaired) electrons. The van der Waals surface area contributed by atoms with Gasteiger partial charge in [0.2, 0.25) is 0 Å². The number of fused-ring (bicyclic) bond motifs is 3. The molecule has 0 amide bonds. The van der Waals surface area contributed by atoms with Crippen LogP contribution in [0.4, 0.5) is 0 Å². The van der Waals surface area contributed by atoms with Crippen LogP contribution in [-0.4, -0.2) is 24.1 Å². The minimum Gasteiger partial charge on any atom is -0.468 e. The van der Waals surface area contributed by atoms with Crippen LogP contribution in [0.2, 0.25) is 0 Å². The van der Waals surface area contributed by atoms with Crippen molar-refractivity contribution >= 4 is 16.9 Å². The molecule has 1 aromatic carbocycles. The number of rotatable bonds is 2. The number of esters is 1. The zero-order valence-corrected chi connectivity index (χ0v) is 11.1. The zero-order chi connectivity index (χ0) is 14.1. The highest BCUT2D eigenvalue weighted by Crippen LogP contribution is 2.33. The average molecular weight is 269 g/mol. The van der Waals surface area contributed by atoms with Gasteiger partial charge >= 0.3 is 5.97 Å². The molecule has 0 saturated heterocycles. The van der Waals surface area contributed by atoms with Crippen molar-refractivity contribution in [3.63, 3.8) is 0 Å². The minimum absolute atomic E-state index is 0.166. The molecule has 2 atom stereocenters. The van der Waals surface area contributed by atoms with E-state index < -0.39 is 6.04 Å². The van der Waals surface area contributed by atoms with Gasteiger partial charge in [-0.2, -0.15) is 5.26 Å². The number of methoxy groups -OCH3 is 1.